The second-order valence-corrected chi connectivity index (χ2v) is 3.90. The predicted octanol–water partition coefficient (Wildman–Crippen LogP) is 1.77. The smallest absolute Gasteiger partial charge is 0.147 e. The van der Waals surface area contributed by atoms with Crippen molar-refractivity contribution in [2.24, 2.45) is 5.73 Å². The number of H-pyrrole nitrogens is 1. The van der Waals surface area contributed by atoms with Gasteiger partial charge in [0.05, 0.1) is 11.6 Å². The second kappa shape index (κ2) is 4.06. The zero-order valence-corrected chi connectivity index (χ0v) is 8.96. The molecule has 2 rings (SSSR count). The number of benzene rings is 1. The molecule has 0 radical (unpaired) electrons. The minimum absolute atomic E-state index is 0.0641. The van der Waals surface area contributed by atoms with Gasteiger partial charge in [0.15, 0.2) is 0 Å². The second-order valence-electron chi connectivity index (χ2n) is 3.90. The van der Waals surface area contributed by atoms with Gasteiger partial charge in [-0.3, -0.25) is 4.79 Å². The van der Waals surface area contributed by atoms with E-state index in [-0.39, 0.29) is 11.6 Å². The van der Waals surface area contributed by atoms with Crippen molar-refractivity contribution >= 4 is 16.7 Å². The molecule has 0 spiro atoms. The molecule has 1 heterocycles. The molecule has 1 atom stereocenters. The summed E-state index contributed by atoms with van der Waals surface area (Å²) in [5.41, 5.74) is 7.02. The monoisotopic (exact) mass is 220 g/mol. The topological polar surface area (TPSA) is 58.9 Å². The summed E-state index contributed by atoms with van der Waals surface area (Å²) in [6.45, 7) is 1.46. The van der Waals surface area contributed by atoms with E-state index in [2.05, 4.69) is 4.98 Å². The molecular formula is C12H13FN2O. The van der Waals surface area contributed by atoms with E-state index in [4.69, 9.17) is 5.73 Å². The van der Waals surface area contributed by atoms with Gasteiger partial charge in [0.25, 0.3) is 0 Å². The molecule has 0 saturated heterocycles. The van der Waals surface area contributed by atoms with Crippen LogP contribution in [0.5, 0.6) is 0 Å². The van der Waals surface area contributed by atoms with Crippen LogP contribution in [0.4, 0.5) is 4.39 Å². The van der Waals surface area contributed by atoms with Crippen molar-refractivity contribution in [3.05, 3.63) is 35.8 Å². The molecule has 0 aliphatic heterocycles. The molecule has 0 amide bonds. The first-order valence-corrected chi connectivity index (χ1v) is 5.10. The number of carbonyl (C=O) groups excluding carboxylic acids is 1. The Morgan fingerprint density at radius 3 is 3.00 bits per heavy atom. The Bertz CT molecular complexity index is 533. The predicted molar refractivity (Wildman–Crippen MR) is 60.6 cm³/mol. The molecular weight excluding hydrogens is 207 g/mol. The van der Waals surface area contributed by atoms with Gasteiger partial charge in [-0.05, 0) is 25.0 Å². The average Bonchev–Trinajstić information content (AvgIpc) is 2.63. The van der Waals surface area contributed by atoms with Gasteiger partial charge in [-0.1, -0.05) is 12.1 Å². The van der Waals surface area contributed by atoms with Gasteiger partial charge in [-0.25, -0.2) is 4.39 Å². The number of halogens is 1. The molecule has 3 N–H and O–H groups in total. The SMILES string of the molecule is CC(=O)C(N)Cc1c[nH]c2c(F)cccc12. The van der Waals surface area contributed by atoms with Crippen molar-refractivity contribution in [2.45, 2.75) is 19.4 Å². The number of para-hydroxylation sites is 1. The molecule has 0 aliphatic carbocycles. The number of Topliss-reactive ketones (excluding diaryl/α,β-unsaturated/α-hetero) is 1. The van der Waals surface area contributed by atoms with Crippen LogP contribution in [0.1, 0.15) is 12.5 Å². The van der Waals surface area contributed by atoms with Crippen LogP contribution < -0.4 is 5.73 Å². The fourth-order valence-corrected chi connectivity index (χ4v) is 1.72. The lowest BCUT2D eigenvalue weighted by molar-refractivity contribution is -0.118. The maximum Gasteiger partial charge on any atom is 0.147 e. The molecule has 4 heteroatoms. The number of aromatic nitrogens is 1. The highest BCUT2D eigenvalue weighted by Gasteiger charge is 2.13. The highest BCUT2D eigenvalue weighted by atomic mass is 19.1. The normalized spacial score (nSPS) is 12.9. The Balaban J connectivity index is 2.39. The fourth-order valence-electron chi connectivity index (χ4n) is 1.72. The number of fused-ring (bicyclic) bond motifs is 1. The van der Waals surface area contributed by atoms with Crippen molar-refractivity contribution in [2.75, 3.05) is 0 Å². The molecule has 2 aromatic rings. The van der Waals surface area contributed by atoms with E-state index < -0.39 is 6.04 Å². The molecule has 1 unspecified atom stereocenters. The number of carbonyl (C=O) groups is 1. The summed E-state index contributed by atoms with van der Waals surface area (Å²) in [6, 6.07) is 4.33. The van der Waals surface area contributed by atoms with Crippen molar-refractivity contribution in [3.63, 3.8) is 0 Å². The Kier molecular flexibility index (Phi) is 2.75. The summed E-state index contributed by atoms with van der Waals surface area (Å²) in [7, 11) is 0. The largest absolute Gasteiger partial charge is 0.359 e. The number of aromatic amines is 1. The van der Waals surface area contributed by atoms with Crippen LogP contribution in [0.3, 0.4) is 0 Å². The van der Waals surface area contributed by atoms with E-state index in [1.165, 1.54) is 13.0 Å². The van der Waals surface area contributed by atoms with Gasteiger partial charge in [0.2, 0.25) is 0 Å². The van der Waals surface area contributed by atoms with E-state index >= 15 is 0 Å². The third-order valence-electron chi connectivity index (χ3n) is 2.71. The number of hydrogen-bond acceptors (Lipinski definition) is 2. The molecule has 3 nitrogen and oxygen atoms in total. The Morgan fingerprint density at radius 1 is 1.56 bits per heavy atom. The number of hydrogen-bond donors (Lipinski definition) is 2. The van der Waals surface area contributed by atoms with E-state index in [0.717, 1.165) is 10.9 Å². The van der Waals surface area contributed by atoms with Crippen LogP contribution in [0.25, 0.3) is 10.9 Å². The van der Waals surface area contributed by atoms with Crippen molar-refractivity contribution in [3.8, 4) is 0 Å². The van der Waals surface area contributed by atoms with E-state index in [9.17, 15) is 9.18 Å². The number of nitrogens with one attached hydrogen (secondary N) is 1. The number of nitrogens with two attached hydrogens (primary N) is 1. The molecule has 0 saturated carbocycles. The van der Waals surface area contributed by atoms with Gasteiger partial charge < -0.3 is 10.7 Å². The zero-order valence-electron chi connectivity index (χ0n) is 8.96. The Morgan fingerprint density at radius 2 is 2.31 bits per heavy atom. The third kappa shape index (κ3) is 1.84. The first-order chi connectivity index (χ1) is 7.59. The van der Waals surface area contributed by atoms with Gasteiger partial charge in [0.1, 0.15) is 11.6 Å². The molecule has 84 valence electrons. The maximum atomic E-state index is 13.4. The van der Waals surface area contributed by atoms with Crippen molar-refractivity contribution in [1.29, 1.82) is 0 Å². The van der Waals surface area contributed by atoms with Gasteiger partial charge >= 0.3 is 0 Å². The molecule has 0 bridgehead atoms. The fraction of sp³-hybridized carbons (Fsp3) is 0.250. The molecule has 1 aromatic carbocycles. The first-order valence-electron chi connectivity index (χ1n) is 5.10. The van der Waals surface area contributed by atoms with Crippen molar-refractivity contribution < 1.29 is 9.18 Å². The lowest BCUT2D eigenvalue weighted by Crippen LogP contribution is -2.30. The van der Waals surface area contributed by atoms with Crippen molar-refractivity contribution in [1.82, 2.24) is 4.98 Å². The quantitative estimate of drug-likeness (QED) is 0.828. The maximum absolute atomic E-state index is 13.4. The minimum atomic E-state index is -0.526. The molecule has 1 aromatic heterocycles. The summed E-state index contributed by atoms with van der Waals surface area (Å²) in [4.78, 5) is 13.9. The van der Waals surface area contributed by atoms with Crippen LogP contribution in [-0.2, 0) is 11.2 Å². The highest BCUT2D eigenvalue weighted by Crippen LogP contribution is 2.21. The number of ketones is 1. The van der Waals surface area contributed by atoms with Crippen LogP contribution >= 0.6 is 0 Å². The molecule has 16 heavy (non-hydrogen) atoms. The molecule has 0 aliphatic rings. The van der Waals surface area contributed by atoms with Gasteiger partial charge in [0, 0.05) is 11.6 Å². The zero-order chi connectivity index (χ0) is 11.7. The van der Waals surface area contributed by atoms with Crippen LogP contribution in [0.15, 0.2) is 24.4 Å². The summed E-state index contributed by atoms with van der Waals surface area (Å²) in [5, 5.41) is 0.789. The lowest BCUT2D eigenvalue weighted by atomic mass is 10.0. The minimum Gasteiger partial charge on any atom is -0.359 e. The standard InChI is InChI=1S/C12H13FN2O/c1-7(16)11(14)5-8-6-15-12-9(8)3-2-4-10(12)13/h2-4,6,11,15H,5,14H2,1H3. The van der Waals surface area contributed by atoms with Gasteiger partial charge in [-0.15, -0.1) is 0 Å². The Labute approximate surface area is 92.4 Å². The van der Waals surface area contributed by atoms with Gasteiger partial charge in [-0.2, -0.15) is 0 Å². The summed E-state index contributed by atoms with van der Waals surface area (Å²) in [6.07, 6.45) is 2.13. The Hall–Kier alpha value is -1.68. The average molecular weight is 220 g/mol. The summed E-state index contributed by atoms with van der Waals surface area (Å²) in [5.74, 6) is -0.356. The lowest BCUT2D eigenvalue weighted by Gasteiger charge is -2.06. The molecule has 0 fully saturated rings. The highest BCUT2D eigenvalue weighted by molar-refractivity contribution is 5.86. The van der Waals surface area contributed by atoms with Crippen LogP contribution in [0, 0.1) is 5.82 Å². The van der Waals surface area contributed by atoms with E-state index in [1.54, 1.807) is 12.3 Å². The van der Waals surface area contributed by atoms with E-state index in [1.807, 2.05) is 6.07 Å². The first kappa shape index (κ1) is 10.8. The third-order valence-corrected chi connectivity index (χ3v) is 2.71. The van der Waals surface area contributed by atoms with Crippen LogP contribution in [-0.4, -0.2) is 16.8 Å². The van der Waals surface area contributed by atoms with E-state index in [0.29, 0.717) is 11.9 Å². The van der Waals surface area contributed by atoms with Crippen LogP contribution in [0.2, 0.25) is 0 Å². The summed E-state index contributed by atoms with van der Waals surface area (Å²) < 4.78 is 13.4. The number of rotatable bonds is 3. The summed E-state index contributed by atoms with van der Waals surface area (Å²) >= 11 is 0.